The fraction of sp³-hybridized carbons (Fsp3) is 0.250. The largest absolute Gasteiger partial charge is 0.269 e. The first-order valence-electron chi connectivity index (χ1n) is 6.10. The molecule has 0 N–H and O–H groups in total. The predicted molar refractivity (Wildman–Crippen MR) is 78.0 cm³/mol. The van der Waals surface area contributed by atoms with Crippen molar-refractivity contribution >= 4 is 0 Å². The van der Waals surface area contributed by atoms with E-state index in [1.54, 1.807) is 18.2 Å². The molecule has 2 aromatic carbocycles. The summed E-state index contributed by atoms with van der Waals surface area (Å²) in [5.41, 5.74) is 0. The fourth-order valence-electron chi connectivity index (χ4n) is 0.800. The van der Waals surface area contributed by atoms with Crippen molar-refractivity contribution in [1.82, 2.24) is 0 Å². The lowest BCUT2D eigenvalue weighted by atomic mass is 10.4. The van der Waals surface area contributed by atoms with Gasteiger partial charge in [0.05, 0.1) is 0 Å². The Hall–Kier alpha value is -1.70. The SMILES string of the molecule is CC.CC.F.Fc1ccccc1.c1ccccc1. The quantitative estimate of drug-likeness (QED) is 0.564. The third kappa shape index (κ3) is 16.7. The number of hydrogen-bond donors (Lipinski definition) is 0. The maximum absolute atomic E-state index is 11.9. The van der Waals surface area contributed by atoms with Gasteiger partial charge in [0.15, 0.2) is 0 Å². The van der Waals surface area contributed by atoms with E-state index in [0.29, 0.717) is 0 Å². The molecule has 0 radical (unpaired) electrons. The first kappa shape index (κ1) is 21.6. The Morgan fingerprint density at radius 3 is 0.944 bits per heavy atom. The van der Waals surface area contributed by atoms with E-state index in [1.807, 2.05) is 64.1 Å². The average Bonchev–Trinajstić information content (AvgIpc) is 2.47. The Bertz CT molecular complexity index is 280. The van der Waals surface area contributed by atoms with Gasteiger partial charge in [0.25, 0.3) is 0 Å². The molecule has 0 saturated heterocycles. The van der Waals surface area contributed by atoms with Gasteiger partial charge in [-0.3, -0.25) is 4.70 Å². The Kier molecular flexibility index (Phi) is 24.8. The standard InChI is InChI=1S/C6H5F.C6H6.2C2H6.FH/c7-6-4-2-1-3-5-6;1-2-4-6-5-3-1;2*1-2;/h1-5H;1-6H;2*1-2H3;1H. The highest BCUT2D eigenvalue weighted by molar-refractivity contribution is 5.02. The molecule has 0 atom stereocenters. The summed E-state index contributed by atoms with van der Waals surface area (Å²) in [6.07, 6.45) is 0. The van der Waals surface area contributed by atoms with Crippen molar-refractivity contribution in [1.29, 1.82) is 0 Å². The molecule has 0 spiro atoms. The van der Waals surface area contributed by atoms with Gasteiger partial charge in [-0.2, -0.15) is 0 Å². The number of benzene rings is 2. The van der Waals surface area contributed by atoms with Crippen LogP contribution in [0, 0.1) is 5.82 Å². The van der Waals surface area contributed by atoms with Crippen molar-refractivity contribution in [2.45, 2.75) is 27.7 Å². The molecule has 0 heterocycles. The van der Waals surface area contributed by atoms with E-state index in [4.69, 9.17) is 0 Å². The number of halogens is 2. The molecule has 0 aliphatic rings. The molecule has 0 fully saturated rings. The van der Waals surface area contributed by atoms with E-state index in [9.17, 15) is 4.39 Å². The summed E-state index contributed by atoms with van der Waals surface area (Å²) in [7, 11) is 0. The van der Waals surface area contributed by atoms with Gasteiger partial charge in [0.2, 0.25) is 0 Å². The molecule has 2 aromatic rings. The van der Waals surface area contributed by atoms with Crippen LogP contribution in [0.15, 0.2) is 66.7 Å². The van der Waals surface area contributed by atoms with E-state index < -0.39 is 0 Å². The second-order valence-corrected chi connectivity index (χ2v) is 2.45. The first-order chi connectivity index (χ1) is 8.39. The zero-order valence-electron chi connectivity index (χ0n) is 11.6. The van der Waals surface area contributed by atoms with Crippen molar-refractivity contribution in [3.8, 4) is 0 Å². The van der Waals surface area contributed by atoms with Crippen LogP contribution in [-0.4, -0.2) is 0 Å². The molecule has 0 amide bonds. The average molecular weight is 254 g/mol. The Morgan fingerprint density at radius 1 is 0.556 bits per heavy atom. The Balaban J connectivity index is -0.000000189. The third-order valence-electron chi connectivity index (χ3n) is 1.40. The van der Waals surface area contributed by atoms with Gasteiger partial charge in [0.1, 0.15) is 5.82 Å². The van der Waals surface area contributed by atoms with Crippen LogP contribution in [0.5, 0.6) is 0 Å². The molecule has 0 aliphatic heterocycles. The molecule has 18 heavy (non-hydrogen) atoms. The molecule has 0 aliphatic carbocycles. The Morgan fingerprint density at radius 2 is 0.778 bits per heavy atom. The van der Waals surface area contributed by atoms with Crippen LogP contribution in [0.2, 0.25) is 0 Å². The van der Waals surface area contributed by atoms with E-state index in [2.05, 4.69) is 0 Å². The molecular weight excluding hydrogens is 230 g/mol. The lowest BCUT2D eigenvalue weighted by Gasteiger charge is -1.78. The lowest BCUT2D eigenvalue weighted by Crippen LogP contribution is -1.63. The van der Waals surface area contributed by atoms with Gasteiger partial charge in [-0.25, -0.2) is 4.39 Å². The highest BCUT2D eigenvalue weighted by atomic mass is 19.1. The molecule has 0 saturated carbocycles. The van der Waals surface area contributed by atoms with Crippen molar-refractivity contribution in [3.63, 3.8) is 0 Å². The van der Waals surface area contributed by atoms with Gasteiger partial charge in [0, 0.05) is 0 Å². The van der Waals surface area contributed by atoms with Gasteiger partial charge >= 0.3 is 0 Å². The molecular formula is C16H24F2. The van der Waals surface area contributed by atoms with Crippen LogP contribution in [0.1, 0.15) is 27.7 Å². The zero-order valence-corrected chi connectivity index (χ0v) is 11.6. The topological polar surface area (TPSA) is 0 Å². The summed E-state index contributed by atoms with van der Waals surface area (Å²) in [4.78, 5) is 0. The van der Waals surface area contributed by atoms with Crippen LogP contribution < -0.4 is 0 Å². The van der Waals surface area contributed by atoms with E-state index in [1.165, 1.54) is 12.1 Å². The van der Waals surface area contributed by atoms with Gasteiger partial charge < -0.3 is 0 Å². The smallest absolute Gasteiger partial charge is 0.123 e. The Labute approximate surface area is 110 Å². The van der Waals surface area contributed by atoms with Crippen molar-refractivity contribution in [2.75, 3.05) is 0 Å². The summed E-state index contributed by atoms with van der Waals surface area (Å²) in [5, 5.41) is 0. The fourth-order valence-corrected chi connectivity index (χ4v) is 0.800. The molecule has 2 rings (SSSR count). The van der Waals surface area contributed by atoms with Crippen LogP contribution in [0.25, 0.3) is 0 Å². The molecule has 102 valence electrons. The molecule has 0 bridgehead atoms. The molecule has 0 unspecified atom stereocenters. The molecule has 0 nitrogen and oxygen atoms in total. The van der Waals surface area contributed by atoms with Crippen LogP contribution in [0.4, 0.5) is 9.09 Å². The summed E-state index contributed by atoms with van der Waals surface area (Å²) < 4.78 is 11.9. The minimum atomic E-state index is -0.178. The zero-order chi connectivity index (χ0) is 13.4. The van der Waals surface area contributed by atoms with E-state index in [0.717, 1.165) is 0 Å². The van der Waals surface area contributed by atoms with E-state index in [-0.39, 0.29) is 10.5 Å². The van der Waals surface area contributed by atoms with Gasteiger partial charge in [-0.15, -0.1) is 0 Å². The summed E-state index contributed by atoms with van der Waals surface area (Å²) >= 11 is 0. The highest BCUT2D eigenvalue weighted by Gasteiger charge is 1.77. The predicted octanol–water partition coefficient (Wildman–Crippen LogP) is 5.72. The third-order valence-corrected chi connectivity index (χ3v) is 1.40. The maximum atomic E-state index is 11.9. The van der Waals surface area contributed by atoms with Crippen LogP contribution in [0.3, 0.4) is 0 Å². The number of rotatable bonds is 0. The second-order valence-electron chi connectivity index (χ2n) is 2.45. The van der Waals surface area contributed by atoms with Gasteiger partial charge in [-0.1, -0.05) is 82.3 Å². The lowest BCUT2D eigenvalue weighted by molar-refractivity contribution is 0.628. The summed E-state index contributed by atoms with van der Waals surface area (Å²) in [6.45, 7) is 8.00. The van der Waals surface area contributed by atoms with Crippen LogP contribution in [-0.2, 0) is 0 Å². The minimum Gasteiger partial charge on any atom is -0.269 e. The van der Waals surface area contributed by atoms with Crippen molar-refractivity contribution < 1.29 is 9.09 Å². The van der Waals surface area contributed by atoms with Crippen LogP contribution >= 0.6 is 0 Å². The minimum absolute atomic E-state index is 0. The summed E-state index contributed by atoms with van der Waals surface area (Å²) in [6, 6.07) is 19.9. The summed E-state index contributed by atoms with van der Waals surface area (Å²) in [5.74, 6) is -0.178. The first-order valence-corrected chi connectivity index (χ1v) is 6.10. The van der Waals surface area contributed by atoms with Gasteiger partial charge in [-0.05, 0) is 12.1 Å². The second kappa shape index (κ2) is 20.7. The van der Waals surface area contributed by atoms with E-state index >= 15 is 0 Å². The molecule has 0 aromatic heterocycles. The monoisotopic (exact) mass is 254 g/mol. The highest BCUT2D eigenvalue weighted by Crippen LogP contribution is 1.91. The van der Waals surface area contributed by atoms with Crippen molar-refractivity contribution in [2.24, 2.45) is 0 Å². The van der Waals surface area contributed by atoms with Crippen molar-refractivity contribution in [3.05, 3.63) is 72.5 Å². The maximum Gasteiger partial charge on any atom is 0.123 e. The molecule has 2 heteroatoms. The number of hydrogen-bond acceptors (Lipinski definition) is 0. The normalized spacial score (nSPS) is 6.72.